The molecule has 2 rings (SSSR count). The van der Waals surface area contributed by atoms with Crippen molar-refractivity contribution in [1.29, 1.82) is 0 Å². The van der Waals surface area contributed by atoms with Crippen LogP contribution in [0.5, 0.6) is 0 Å². The average molecular weight is 312 g/mol. The summed E-state index contributed by atoms with van der Waals surface area (Å²) in [5.74, 6) is 0. The van der Waals surface area contributed by atoms with Crippen LogP contribution in [0.15, 0.2) is 24.3 Å². The van der Waals surface area contributed by atoms with Crippen molar-refractivity contribution < 1.29 is 0 Å². The van der Waals surface area contributed by atoms with Crippen molar-refractivity contribution in [1.82, 2.24) is 9.78 Å². The SMILES string of the molecule is CCn1nc(C)c(Cl)c1CC(C)(N)c1ccccc1Cl. The first-order valence-corrected chi connectivity index (χ1v) is 7.38. The highest BCUT2D eigenvalue weighted by molar-refractivity contribution is 6.32. The molecule has 20 heavy (non-hydrogen) atoms. The molecular weight excluding hydrogens is 293 g/mol. The summed E-state index contributed by atoms with van der Waals surface area (Å²) in [4.78, 5) is 0. The van der Waals surface area contributed by atoms with E-state index in [-0.39, 0.29) is 0 Å². The van der Waals surface area contributed by atoms with Gasteiger partial charge >= 0.3 is 0 Å². The maximum absolute atomic E-state index is 6.49. The molecule has 0 spiro atoms. The highest BCUT2D eigenvalue weighted by Crippen LogP contribution is 2.32. The lowest BCUT2D eigenvalue weighted by atomic mass is 9.88. The fourth-order valence-corrected chi connectivity index (χ4v) is 2.96. The summed E-state index contributed by atoms with van der Waals surface area (Å²) in [5, 5.41) is 5.79. The molecule has 0 saturated heterocycles. The van der Waals surface area contributed by atoms with E-state index in [1.54, 1.807) is 0 Å². The van der Waals surface area contributed by atoms with E-state index < -0.39 is 5.54 Å². The second-order valence-electron chi connectivity index (χ2n) is 5.24. The Bertz CT molecular complexity index is 618. The number of nitrogens with zero attached hydrogens (tertiary/aromatic N) is 2. The van der Waals surface area contributed by atoms with Gasteiger partial charge in [-0.3, -0.25) is 4.68 Å². The van der Waals surface area contributed by atoms with Gasteiger partial charge in [0, 0.05) is 23.5 Å². The average Bonchev–Trinajstić information content (AvgIpc) is 2.66. The zero-order valence-electron chi connectivity index (χ0n) is 12.0. The Morgan fingerprint density at radius 2 is 1.95 bits per heavy atom. The van der Waals surface area contributed by atoms with Crippen molar-refractivity contribution in [3.8, 4) is 0 Å². The lowest BCUT2D eigenvalue weighted by Crippen LogP contribution is -2.36. The zero-order valence-corrected chi connectivity index (χ0v) is 13.5. The molecule has 1 aromatic heterocycles. The van der Waals surface area contributed by atoms with Crippen molar-refractivity contribution >= 4 is 23.2 Å². The van der Waals surface area contributed by atoms with Crippen LogP contribution in [0.4, 0.5) is 0 Å². The van der Waals surface area contributed by atoms with Gasteiger partial charge < -0.3 is 5.73 Å². The summed E-state index contributed by atoms with van der Waals surface area (Å²) < 4.78 is 1.90. The number of aryl methyl sites for hydroxylation is 2. The molecule has 0 aliphatic carbocycles. The fraction of sp³-hybridized carbons (Fsp3) is 0.400. The second kappa shape index (κ2) is 5.76. The van der Waals surface area contributed by atoms with E-state index >= 15 is 0 Å². The Balaban J connectivity index is 2.41. The molecule has 1 aromatic carbocycles. The van der Waals surface area contributed by atoms with E-state index in [2.05, 4.69) is 5.10 Å². The molecule has 0 bridgehead atoms. The fourth-order valence-electron chi connectivity index (χ4n) is 2.41. The minimum Gasteiger partial charge on any atom is -0.321 e. The van der Waals surface area contributed by atoms with E-state index in [1.807, 2.05) is 49.7 Å². The topological polar surface area (TPSA) is 43.8 Å². The van der Waals surface area contributed by atoms with Gasteiger partial charge in [0.25, 0.3) is 0 Å². The van der Waals surface area contributed by atoms with Gasteiger partial charge in [-0.1, -0.05) is 41.4 Å². The molecule has 0 fully saturated rings. The number of aromatic nitrogens is 2. The number of nitrogens with two attached hydrogens (primary N) is 1. The molecule has 0 aliphatic rings. The molecule has 0 amide bonds. The Morgan fingerprint density at radius 1 is 1.30 bits per heavy atom. The standard InChI is InChI=1S/C15H19Cl2N3/c1-4-20-13(14(17)10(2)19-20)9-15(3,18)11-7-5-6-8-12(11)16/h5-8H,4,9,18H2,1-3H3. The summed E-state index contributed by atoms with van der Waals surface area (Å²) in [6.45, 7) is 6.67. The zero-order chi connectivity index (χ0) is 14.9. The highest BCUT2D eigenvalue weighted by atomic mass is 35.5. The third kappa shape index (κ3) is 2.85. The lowest BCUT2D eigenvalue weighted by molar-refractivity contribution is 0.464. The molecule has 0 saturated carbocycles. The number of hydrogen-bond acceptors (Lipinski definition) is 2. The van der Waals surface area contributed by atoms with Gasteiger partial charge in [0.1, 0.15) is 0 Å². The van der Waals surface area contributed by atoms with E-state index in [0.29, 0.717) is 16.5 Å². The molecule has 1 heterocycles. The molecule has 1 atom stereocenters. The van der Waals surface area contributed by atoms with Crippen LogP contribution in [0, 0.1) is 6.92 Å². The summed E-state index contributed by atoms with van der Waals surface area (Å²) in [6.07, 6.45) is 0.588. The highest BCUT2D eigenvalue weighted by Gasteiger charge is 2.27. The van der Waals surface area contributed by atoms with Crippen LogP contribution in [0.1, 0.15) is 30.8 Å². The van der Waals surface area contributed by atoms with Crippen LogP contribution in [0.3, 0.4) is 0 Å². The quantitative estimate of drug-likeness (QED) is 0.929. The molecule has 2 aromatic rings. The number of halogens is 2. The molecular formula is C15H19Cl2N3. The van der Waals surface area contributed by atoms with E-state index in [4.69, 9.17) is 28.9 Å². The largest absolute Gasteiger partial charge is 0.321 e. The maximum atomic E-state index is 6.49. The van der Waals surface area contributed by atoms with E-state index in [1.165, 1.54) is 0 Å². The maximum Gasteiger partial charge on any atom is 0.0847 e. The van der Waals surface area contributed by atoms with Gasteiger partial charge in [-0.2, -0.15) is 5.10 Å². The predicted molar refractivity (Wildman–Crippen MR) is 84.3 cm³/mol. The monoisotopic (exact) mass is 311 g/mol. The first-order valence-electron chi connectivity index (χ1n) is 6.62. The number of rotatable bonds is 4. The summed E-state index contributed by atoms with van der Waals surface area (Å²) >= 11 is 12.6. The predicted octanol–water partition coefficient (Wildman–Crippen LogP) is 3.93. The normalized spacial score (nSPS) is 14.3. The van der Waals surface area contributed by atoms with Crippen LogP contribution in [0.2, 0.25) is 10.0 Å². The van der Waals surface area contributed by atoms with Gasteiger partial charge in [0.15, 0.2) is 0 Å². The minimum absolute atomic E-state index is 0.588. The van der Waals surface area contributed by atoms with Gasteiger partial charge in [-0.25, -0.2) is 0 Å². The number of hydrogen-bond donors (Lipinski definition) is 1. The third-order valence-corrected chi connectivity index (χ3v) is 4.30. The van der Waals surface area contributed by atoms with Crippen molar-refractivity contribution in [3.63, 3.8) is 0 Å². The van der Waals surface area contributed by atoms with Crippen molar-refractivity contribution in [2.24, 2.45) is 5.73 Å². The smallest absolute Gasteiger partial charge is 0.0847 e. The van der Waals surface area contributed by atoms with Crippen LogP contribution >= 0.6 is 23.2 Å². The van der Waals surface area contributed by atoms with Gasteiger partial charge in [-0.05, 0) is 32.4 Å². The first kappa shape index (κ1) is 15.4. The first-order chi connectivity index (χ1) is 9.36. The van der Waals surface area contributed by atoms with Crippen molar-refractivity contribution in [3.05, 3.63) is 51.3 Å². The van der Waals surface area contributed by atoms with Crippen molar-refractivity contribution in [2.75, 3.05) is 0 Å². The van der Waals surface area contributed by atoms with Gasteiger partial charge in [-0.15, -0.1) is 0 Å². The molecule has 108 valence electrons. The summed E-state index contributed by atoms with van der Waals surface area (Å²) in [6, 6.07) is 7.65. The molecule has 2 N–H and O–H groups in total. The summed E-state index contributed by atoms with van der Waals surface area (Å²) in [7, 11) is 0. The Morgan fingerprint density at radius 3 is 2.55 bits per heavy atom. The molecule has 5 heteroatoms. The summed E-state index contributed by atoms with van der Waals surface area (Å²) in [5.41, 5.74) is 8.60. The Kier molecular flexibility index (Phi) is 4.43. The lowest BCUT2D eigenvalue weighted by Gasteiger charge is -2.26. The molecule has 0 aliphatic heterocycles. The van der Waals surface area contributed by atoms with E-state index in [9.17, 15) is 0 Å². The van der Waals surface area contributed by atoms with E-state index in [0.717, 1.165) is 23.5 Å². The molecule has 0 radical (unpaired) electrons. The Hall–Kier alpha value is -1.03. The van der Waals surface area contributed by atoms with Crippen LogP contribution in [0.25, 0.3) is 0 Å². The van der Waals surface area contributed by atoms with Crippen molar-refractivity contribution in [2.45, 2.75) is 39.3 Å². The van der Waals surface area contributed by atoms with Crippen LogP contribution in [-0.4, -0.2) is 9.78 Å². The third-order valence-electron chi connectivity index (χ3n) is 3.48. The second-order valence-corrected chi connectivity index (χ2v) is 6.02. The molecule has 3 nitrogen and oxygen atoms in total. The van der Waals surface area contributed by atoms with Crippen LogP contribution in [-0.2, 0) is 18.5 Å². The number of benzene rings is 1. The Labute approximate surface area is 129 Å². The van der Waals surface area contributed by atoms with Gasteiger partial charge in [0.2, 0.25) is 0 Å². The van der Waals surface area contributed by atoms with Crippen LogP contribution < -0.4 is 5.73 Å². The molecule has 1 unspecified atom stereocenters. The minimum atomic E-state index is -0.596. The van der Waals surface area contributed by atoms with Gasteiger partial charge in [0.05, 0.1) is 16.4 Å².